The molecule has 160 valence electrons. The summed E-state index contributed by atoms with van der Waals surface area (Å²) in [7, 11) is -7.85. The molecule has 2 N–H and O–H groups in total. The second-order valence-corrected chi connectivity index (χ2v) is 11.4. The molecule has 0 radical (unpaired) electrons. The minimum Gasteiger partial charge on any atom is -0.280 e. The molecule has 10 heteroatoms. The average molecular weight is 474 g/mol. The molecule has 0 aliphatic heterocycles. The third kappa shape index (κ3) is 4.32. The van der Waals surface area contributed by atoms with Gasteiger partial charge in [-0.1, -0.05) is 24.3 Å². The van der Waals surface area contributed by atoms with Crippen molar-refractivity contribution in [3.05, 3.63) is 66.7 Å². The van der Waals surface area contributed by atoms with Crippen LogP contribution < -0.4 is 4.72 Å². The number of fused-ring (bicyclic) bond motifs is 1. The number of sulfonamides is 1. The molecule has 0 saturated heterocycles. The van der Waals surface area contributed by atoms with Crippen molar-refractivity contribution < 1.29 is 16.8 Å². The lowest BCUT2D eigenvalue weighted by Crippen LogP contribution is -2.16. The highest BCUT2D eigenvalue weighted by Crippen LogP contribution is 2.31. The second kappa shape index (κ2) is 8.03. The van der Waals surface area contributed by atoms with Gasteiger partial charge in [0.2, 0.25) is 0 Å². The summed E-state index contributed by atoms with van der Waals surface area (Å²) >= 11 is 1.64. The zero-order valence-corrected chi connectivity index (χ0v) is 19.1. The van der Waals surface area contributed by atoms with Crippen molar-refractivity contribution in [2.45, 2.75) is 14.7 Å². The van der Waals surface area contributed by atoms with Crippen LogP contribution in [0.4, 0.5) is 5.69 Å². The van der Waals surface area contributed by atoms with E-state index in [9.17, 15) is 16.8 Å². The van der Waals surface area contributed by atoms with Crippen LogP contribution in [0.15, 0.2) is 81.4 Å². The predicted molar refractivity (Wildman–Crippen MR) is 124 cm³/mol. The fourth-order valence-electron chi connectivity index (χ4n) is 3.24. The first-order valence-corrected chi connectivity index (χ1v) is 13.7. The largest absolute Gasteiger partial charge is 0.280 e. The summed E-state index contributed by atoms with van der Waals surface area (Å²) in [6.45, 7) is 0. The number of rotatable bonds is 6. The Morgan fingerprint density at radius 3 is 2.23 bits per heavy atom. The third-order valence-corrected chi connectivity index (χ3v) is 8.18. The Morgan fingerprint density at radius 2 is 1.58 bits per heavy atom. The molecule has 1 aromatic heterocycles. The number of nitrogens with zero attached hydrogens (tertiary/aromatic N) is 1. The van der Waals surface area contributed by atoms with E-state index < -0.39 is 19.9 Å². The Balaban J connectivity index is 1.74. The third-order valence-electron chi connectivity index (χ3n) is 4.72. The minimum absolute atomic E-state index is 0.249. The first-order valence-electron chi connectivity index (χ1n) is 9.13. The van der Waals surface area contributed by atoms with Crippen molar-refractivity contribution in [2.24, 2.45) is 0 Å². The van der Waals surface area contributed by atoms with Crippen LogP contribution in [0.5, 0.6) is 0 Å². The Morgan fingerprint density at radius 1 is 0.903 bits per heavy atom. The smallest absolute Gasteiger partial charge is 0.263 e. The van der Waals surface area contributed by atoms with E-state index in [1.807, 2.05) is 30.5 Å². The average Bonchev–Trinajstić information content (AvgIpc) is 3.16. The van der Waals surface area contributed by atoms with Crippen molar-refractivity contribution in [3.63, 3.8) is 0 Å². The van der Waals surface area contributed by atoms with Crippen molar-refractivity contribution in [1.29, 1.82) is 0 Å². The predicted octanol–water partition coefficient (Wildman–Crippen LogP) is 4.16. The molecule has 0 aliphatic rings. The van der Waals surface area contributed by atoms with Gasteiger partial charge in [0.05, 0.1) is 16.1 Å². The molecule has 0 unspecified atom stereocenters. The lowest BCUT2D eigenvalue weighted by Gasteiger charge is -2.11. The van der Waals surface area contributed by atoms with Crippen molar-refractivity contribution in [2.75, 3.05) is 17.2 Å². The van der Waals surface area contributed by atoms with E-state index in [0.717, 1.165) is 27.6 Å². The second-order valence-electron chi connectivity index (χ2n) is 6.89. The summed E-state index contributed by atoms with van der Waals surface area (Å²) in [5, 5.41) is 8.07. The number of aromatic amines is 1. The standard InChI is InChI=1S/C21H19N3O4S3/c1-29-16-10-7-14(8-11-16)21-17-13-15(9-12-18(17)22-23-21)24-31(27,28)20-6-4-3-5-19(20)30(2,25)26/h3-13,24H,1-2H3,(H,22,23). The first-order chi connectivity index (χ1) is 14.7. The number of nitrogens with one attached hydrogen (secondary N) is 2. The quantitative estimate of drug-likeness (QED) is 0.407. The van der Waals surface area contributed by atoms with E-state index >= 15 is 0 Å². The highest BCUT2D eigenvalue weighted by molar-refractivity contribution is 7.98. The molecule has 0 fully saturated rings. The lowest BCUT2D eigenvalue weighted by atomic mass is 10.1. The Bertz CT molecular complexity index is 1480. The molecular weight excluding hydrogens is 454 g/mol. The summed E-state index contributed by atoms with van der Waals surface area (Å²) in [6.07, 6.45) is 2.98. The molecule has 7 nitrogen and oxygen atoms in total. The number of anilines is 1. The maximum absolute atomic E-state index is 13.0. The molecule has 0 aliphatic carbocycles. The van der Waals surface area contributed by atoms with Gasteiger partial charge < -0.3 is 0 Å². The summed E-state index contributed by atoms with van der Waals surface area (Å²) < 4.78 is 52.5. The highest BCUT2D eigenvalue weighted by atomic mass is 32.2. The first kappa shape index (κ1) is 21.4. The van der Waals surface area contributed by atoms with Gasteiger partial charge >= 0.3 is 0 Å². The number of hydrogen-bond acceptors (Lipinski definition) is 6. The van der Waals surface area contributed by atoms with Gasteiger partial charge in [0.25, 0.3) is 10.0 Å². The highest BCUT2D eigenvalue weighted by Gasteiger charge is 2.24. The number of hydrogen-bond donors (Lipinski definition) is 2. The molecule has 0 amide bonds. The van der Waals surface area contributed by atoms with E-state index in [4.69, 9.17) is 0 Å². The summed E-state index contributed by atoms with van der Waals surface area (Å²) in [5.74, 6) is 0. The van der Waals surface area contributed by atoms with Gasteiger partial charge in [-0.2, -0.15) is 5.10 Å². The van der Waals surface area contributed by atoms with E-state index in [-0.39, 0.29) is 9.79 Å². The van der Waals surface area contributed by atoms with E-state index in [2.05, 4.69) is 14.9 Å². The summed E-state index contributed by atoms with van der Waals surface area (Å²) in [4.78, 5) is 0.584. The molecule has 4 rings (SSSR count). The van der Waals surface area contributed by atoms with Gasteiger partial charge in [-0.15, -0.1) is 11.8 Å². The van der Waals surface area contributed by atoms with Gasteiger partial charge in [0.1, 0.15) is 4.90 Å². The van der Waals surface area contributed by atoms with E-state index in [1.54, 1.807) is 30.0 Å². The van der Waals surface area contributed by atoms with Crippen LogP contribution in [0.2, 0.25) is 0 Å². The van der Waals surface area contributed by atoms with Crippen LogP contribution >= 0.6 is 11.8 Å². The SMILES string of the molecule is CSc1ccc(-c2n[nH]c3ccc(NS(=O)(=O)c4ccccc4S(C)(=O)=O)cc23)cc1. The van der Waals surface area contributed by atoms with Crippen LogP contribution in [-0.4, -0.2) is 39.5 Å². The molecule has 0 bridgehead atoms. The fourth-order valence-corrected chi connectivity index (χ4v) is 6.32. The lowest BCUT2D eigenvalue weighted by molar-refractivity contribution is 0.588. The zero-order chi connectivity index (χ0) is 22.2. The van der Waals surface area contributed by atoms with Gasteiger partial charge in [-0.05, 0) is 48.7 Å². The van der Waals surface area contributed by atoms with Gasteiger partial charge in [0, 0.05) is 27.8 Å². The van der Waals surface area contributed by atoms with Crippen molar-refractivity contribution in [3.8, 4) is 11.3 Å². The summed E-state index contributed by atoms with van der Waals surface area (Å²) in [6, 6.07) is 18.4. The number of H-pyrrole nitrogens is 1. The summed E-state index contributed by atoms with van der Waals surface area (Å²) in [5.41, 5.74) is 2.65. The van der Waals surface area contributed by atoms with Crippen LogP contribution in [0, 0.1) is 0 Å². The van der Waals surface area contributed by atoms with Gasteiger partial charge in [-0.25, -0.2) is 16.8 Å². The maximum atomic E-state index is 13.0. The number of aromatic nitrogens is 2. The minimum atomic E-state index is -4.13. The Labute approximate surface area is 184 Å². The molecule has 31 heavy (non-hydrogen) atoms. The fraction of sp³-hybridized carbons (Fsp3) is 0.0952. The van der Waals surface area contributed by atoms with Crippen LogP contribution in [-0.2, 0) is 19.9 Å². The molecular formula is C21H19N3O4S3. The van der Waals surface area contributed by atoms with E-state index in [0.29, 0.717) is 11.4 Å². The number of benzene rings is 3. The monoisotopic (exact) mass is 473 g/mol. The molecule has 0 atom stereocenters. The molecule has 3 aromatic carbocycles. The topological polar surface area (TPSA) is 109 Å². The normalized spacial score (nSPS) is 12.2. The maximum Gasteiger partial charge on any atom is 0.263 e. The van der Waals surface area contributed by atoms with Gasteiger partial charge in [0.15, 0.2) is 9.84 Å². The Kier molecular flexibility index (Phi) is 5.54. The molecule has 0 spiro atoms. The molecule has 0 saturated carbocycles. The van der Waals surface area contributed by atoms with Crippen LogP contribution in [0.25, 0.3) is 22.2 Å². The van der Waals surface area contributed by atoms with Crippen LogP contribution in [0.1, 0.15) is 0 Å². The van der Waals surface area contributed by atoms with Gasteiger partial charge in [-0.3, -0.25) is 9.82 Å². The van der Waals surface area contributed by atoms with Crippen LogP contribution in [0.3, 0.4) is 0 Å². The zero-order valence-electron chi connectivity index (χ0n) is 16.7. The van der Waals surface area contributed by atoms with Crippen molar-refractivity contribution >= 4 is 48.2 Å². The van der Waals surface area contributed by atoms with E-state index in [1.165, 1.54) is 24.3 Å². The number of sulfone groups is 1. The van der Waals surface area contributed by atoms with Crippen molar-refractivity contribution in [1.82, 2.24) is 10.2 Å². The molecule has 4 aromatic rings. The number of thioether (sulfide) groups is 1. The Hall–Kier alpha value is -2.82. The molecule has 1 heterocycles.